The zero-order chi connectivity index (χ0) is 21.8. The monoisotopic (exact) mass is 442 g/mol. The van der Waals surface area contributed by atoms with Crippen LogP contribution in [0.3, 0.4) is 0 Å². The smallest absolute Gasteiger partial charge is 0.146 e. The van der Waals surface area contributed by atoms with Crippen molar-refractivity contribution in [3.05, 3.63) is 101 Å². The first-order valence-corrected chi connectivity index (χ1v) is 11.7. The predicted molar refractivity (Wildman–Crippen MR) is 133 cm³/mol. The number of ether oxygens (including phenoxy) is 1. The summed E-state index contributed by atoms with van der Waals surface area (Å²) in [5, 5.41) is 1.83. The second-order valence-corrected chi connectivity index (χ2v) is 8.97. The van der Waals surface area contributed by atoms with Crippen LogP contribution in [0.1, 0.15) is 24.0 Å². The SMILES string of the molecule is Clc1ccc(COc2cccc3ccc(N4CCC(Cc5ccccc5)CC4)nc23)cc1. The summed E-state index contributed by atoms with van der Waals surface area (Å²) in [5.41, 5.74) is 3.45. The van der Waals surface area contributed by atoms with Gasteiger partial charge in [0.2, 0.25) is 0 Å². The molecule has 32 heavy (non-hydrogen) atoms. The molecule has 5 rings (SSSR count). The maximum atomic E-state index is 6.15. The van der Waals surface area contributed by atoms with E-state index in [2.05, 4.69) is 53.4 Å². The highest BCUT2D eigenvalue weighted by atomic mass is 35.5. The van der Waals surface area contributed by atoms with Crippen LogP contribution < -0.4 is 9.64 Å². The number of para-hydroxylation sites is 1. The van der Waals surface area contributed by atoms with Crippen molar-refractivity contribution in [2.75, 3.05) is 18.0 Å². The summed E-state index contributed by atoms with van der Waals surface area (Å²) in [6.07, 6.45) is 3.56. The van der Waals surface area contributed by atoms with E-state index in [1.54, 1.807) is 0 Å². The summed E-state index contributed by atoms with van der Waals surface area (Å²) < 4.78 is 6.15. The van der Waals surface area contributed by atoms with Crippen LogP contribution in [-0.2, 0) is 13.0 Å². The molecule has 1 saturated heterocycles. The Bertz CT molecular complexity index is 1170. The highest BCUT2D eigenvalue weighted by Gasteiger charge is 2.21. The van der Waals surface area contributed by atoms with Gasteiger partial charge in [-0.1, -0.05) is 66.2 Å². The lowest BCUT2D eigenvalue weighted by Crippen LogP contribution is -2.34. The number of anilines is 1. The van der Waals surface area contributed by atoms with E-state index in [0.29, 0.717) is 6.61 Å². The molecule has 1 fully saturated rings. The molecule has 162 valence electrons. The minimum Gasteiger partial charge on any atom is -0.487 e. The van der Waals surface area contributed by atoms with Crippen LogP contribution >= 0.6 is 11.6 Å². The molecule has 3 nitrogen and oxygen atoms in total. The van der Waals surface area contributed by atoms with Crippen LogP contribution in [0.25, 0.3) is 10.9 Å². The molecule has 0 radical (unpaired) electrons. The quantitative estimate of drug-likeness (QED) is 0.324. The number of pyridine rings is 1. The second kappa shape index (κ2) is 9.62. The molecule has 0 bridgehead atoms. The number of rotatable bonds is 6. The van der Waals surface area contributed by atoms with Gasteiger partial charge in [-0.15, -0.1) is 0 Å². The van der Waals surface area contributed by atoms with Crippen molar-refractivity contribution in [3.63, 3.8) is 0 Å². The molecule has 1 aliphatic rings. The Morgan fingerprint density at radius 3 is 2.38 bits per heavy atom. The Morgan fingerprint density at radius 1 is 0.812 bits per heavy atom. The van der Waals surface area contributed by atoms with Gasteiger partial charge in [0, 0.05) is 23.5 Å². The largest absolute Gasteiger partial charge is 0.487 e. The molecule has 0 amide bonds. The van der Waals surface area contributed by atoms with Crippen molar-refractivity contribution in [2.45, 2.75) is 25.9 Å². The van der Waals surface area contributed by atoms with Crippen LogP contribution in [0, 0.1) is 5.92 Å². The van der Waals surface area contributed by atoms with E-state index >= 15 is 0 Å². The Kier molecular flexibility index (Phi) is 6.27. The summed E-state index contributed by atoms with van der Waals surface area (Å²) >= 11 is 5.99. The van der Waals surface area contributed by atoms with Crippen LogP contribution in [0.4, 0.5) is 5.82 Å². The first kappa shape index (κ1) is 20.8. The molecule has 0 atom stereocenters. The van der Waals surface area contributed by atoms with Gasteiger partial charge in [0.25, 0.3) is 0 Å². The van der Waals surface area contributed by atoms with E-state index in [9.17, 15) is 0 Å². The fourth-order valence-corrected chi connectivity index (χ4v) is 4.58. The lowest BCUT2D eigenvalue weighted by molar-refractivity contribution is 0.309. The highest BCUT2D eigenvalue weighted by molar-refractivity contribution is 6.30. The number of halogens is 1. The molecule has 4 heteroatoms. The van der Waals surface area contributed by atoms with E-state index in [1.807, 2.05) is 36.4 Å². The third kappa shape index (κ3) is 4.89. The Hall–Kier alpha value is -3.04. The summed E-state index contributed by atoms with van der Waals surface area (Å²) in [6, 6.07) is 29.0. The van der Waals surface area contributed by atoms with Gasteiger partial charge in [-0.25, -0.2) is 4.98 Å². The van der Waals surface area contributed by atoms with Crippen molar-refractivity contribution in [3.8, 4) is 5.75 Å². The normalized spacial score (nSPS) is 14.6. The standard InChI is InChI=1S/C28H27ClN2O/c29-25-12-9-23(10-13-25)20-32-26-8-4-7-24-11-14-27(30-28(24)26)31-17-15-22(16-18-31)19-21-5-2-1-3-6-21/h1-14,22H,15-20H2. The van der Waals surface area contributed by atoms with E-state index in [-0.39, 0.29) is 0 Å². The van der Waals surface area contributed by atoms with Crippen molar-refractivity contribution in [2.24, 2.45) is 5.92 Å². The minimum atomic E-state index is 0.493. The van der Waals surface area contributed by atoms with Gasteiger partial charge < -0.3 is 9.64 Å². The Balaban J connectivity index is 1.28. The predicted octanol–water partition coefficient (Wildman–Crippen LogP) is 6.93. The van der Waals surface area contributed by atoms with Crippen LogP contribution in [-0.4, -0.2) is 18.1 Å². The number of piperidine rings is 1. The summed E-state index contributed by atoms with van der Waals surface area (Å²) in [5.74, 6) is 2.60. The third-order valence-electron chi connectivity index (χ3n) is 6.28. The second-order valence-electron chi connectivity index (χ2n) is 8.53. The van der Waals surface area contributed by atoms with Gasteiger partial charge in [-0.05, 0) is 66.6 Å². The lowest BCUT2D eigenvalue weighted by atomic mass is 9.90. The highest BCUT2D eigenvalue weighted by Crippen LogP contribution is 2.30. The van der Waals surface area contributed by atoms with Crippen LogP contribution in [0.5, 0.6) is 5.75 Å². The first-order valence-electron chi connectivity index (χ1n) is 11.3. The zero-order valence-corrected chi connectivity index (χ0v) is 18.8. The molecule has 2 heterocycles. The molecule has 1 aliphatic heterocycles. The molecule has 0 saturated carbocycles. The number of fused-ring (bicyclic) bond motifs is 1. The van der Waals surface area contributed by atoms with E-state index < -0.39 is 0 Å². The van der Waals surface area contributed by atoms with Crippen molar-refractivity contribution < 1.29 is 4.74 Å². The van der Waals surface area contributed by atoms with Gasteiger partial charge in [-0.3, -0.25) is 0 Å². The average molecular weight is 443 g/mol. The van der Waals surface area contributed by atoms with Crippen LogP contribution in [0.15, 0.2) is 84.9 Å². The third-order valence-corrected chi connectivity index (χ3v) is 6.53. The van der Waals surface area contributed by atoms with Gasteiger partial charge >= 0.3 is 0 Å². The van der Waals surface area contributed by atoms with Crippen molar-refractivity contribution >= 4 is 28.3 Å². The van der Waals surface area contributed by atoms with Gasteiger partial charge in [0.1, 0.15) is 23.7 Å². The maximum absolute atomic E-state index is 6.15. The van der Waals surface area contributed by atoms with Crippen molar-refractivity contribution in [1.82, 2.24) is 4.98 Å². The maximum Gasteiger partial charge on any atom is 0.146 e. The lowest BCUT2D eigenvalue weighted by Gasteiger charge is -2.33. The summed E-state index contributed by atoms with van der Waals surface area (Å²) in [4.78, 5) is 7.43. The Morgan fingerprint density at radius 2 is 1.59 bits per heavy atom. The van der Waals surface area contributed by atoms with Gasteiger partial charge in [0.15, 0.2) is 0 Å². The van der Waals surface area contributed by atoms with E-state index in [0.717, 1.165) is 52.1 Å². The van der Waals surface area contributed by atoms with Crippen LogP contribution in [0.2, 0.25) is 5.02 Å². The number of aromatic nitrogens is 1. The average Bonchev–Trinajstić information content (AvgIpc) is 2.84. The van der Waals surface area contributed by atoms with Gasteiger partial charge in [-0.2, -0.15) is 0 Å². The molecule has 0 aliphatic carbocycles. The molecular weight excluding hydrogens is 416 g/mol. The minimum absolute atomic E-state index is 0.493. The molecule has 3 aromatic carbocycles. The Labute approximate surface area is 194 Å². The van der Waals surface area contributed by atoms with Gasteiger partial charge in [0.05, 0.1) is 0 Å². The molecule has 4 aromatic rings. The summed E-state index contributed by atoms with van der Waals surface area (Å²) in [6.45, 7) is 2.58. The number of benzene rings is 3. The van der Waals surface area contributed by atoms with E-state index in [4.69, 9.17) is 21.3 Å². The van der Waals surface area contributed by atoms with Crippen molar-refractivity contribution in [1.29, 1.82) is 0 Å². The zero-order valence-electron chi connectivity index (χ0n) is 18.1. The topological polar surface area (TPSA) is 25.4 Å². The van der Waals surface area contributed by atoms with E-state index in [1.165, 1.54) is 24.8 Å². The summed E-state index contributed by atoms with van der Waals surface area (Å²) in [7, 11) is 0. The number of nitrogens with zero attached hydrogens (tertiary/aromatic N) is 2. The number of hydrogen-bond acceptors (Lipinski definition) is 3. The fourth-order valence-electron chi connectivity index (χ4n) is 4.46. The first-order chi connectivity index (χ1) is 15.7. The molecule has 0 spiro atoms. The molecule has 0 unspecified atom stereocenters. The fraction of sp³-hybridized carbons (Fsp3) is 0.250. The number of hydrogen-bond donors (Lipinski definition) is 0. The molecule has 0 N–H and O–H groups in total. The molecule has 1 aromatic heterocycles. The molecular formula is C28H27ClN2O.